The first-order valence-electron chi connectivity index (χ1n) is 9.78. The Labute approximate surface area is 164 Å². The molecule has 0 radical (unpaired) electrons. The zero-order chi connectivity index (χ0) is 20.1. The molecular formula is C21H27N5O2. The molecule has 1 amide bonds. The number of ketones is 1. The maximum Gasteiger partial charge on any atom is 0.250 e. The van der Waals surface area contributed by atoms with E-state index in [2.05, 4.69) is 29.6 Å². The summed E-state index contributed by atoms with van der Waals surface area (Å²) in [6.07, 6.45) is 2.30. The number of Topliss-reactive ketones (excluding diaryl/α,β-unsaturated/α-hetero) is 1. The highest BCUT2D eigenvalue weighted by atomic mass is 16.1. The van der Waals surface area contributed by atoms with Crippen LogP contribution >= 0.6 is 0 Å². The molecule has 0 saturated carbocycles. The molecule has 1 aliphatic carbocycles. The number of carbonyl (C=O) groups is 2. The lowest BCUT2D eigenvalue weighted by Gasteiger charge is -2.29. The predicted octanol–water partition coefficient (Wildman–Crippen LogP) is 2.21. The van der Waals surface area contributed by atoms with E-state index in [0.717, 1.165) is 48.6 Å². The van der Waals surface area contributed by atoms with Crippen LogP contribution in [0.1, 0.15) is 58.8 Å². The smallest absolute Gasteiger partial charge is 0.250 e. The maximum atomic E-state index is 12.7. The summed E-state index contributed by atoms with van der Waals surface area (Å²) in [5.74, 6) is -0.311. The summed E-state index contributed by atoms with van der Waals surface area (Å²) >= 11 is 0. The van der Waals surface area contributed by atoms with Gasteiger partial charge in [0, 0.05) is 24.7 Å². The number of fused-ring (bicyclic) bond motifs is 1. The minimum atomic E-state index is -0.463. The van der Waals surface area contributed by atoms with E-state index in [1.165, 1.54) is 0 Å². The second-order valence-electron chi connectivity index (χ2n) is 8.69. The number of aromatic nitrogens is 2. The fraction of sp³-hybridized carbons (Fsp3) is 0.476. The van der Waals surface area contributed by atoms with E-state index in [4.69, 9.17) is 5.73 Å². The standard InChI is InChI=1S/C21H27N5O2/c1-12-19-17(9-21(2,3)10-18(19)27)26(25-12)14-4-5-15(20(22)28)16(8-14)24-13-6-7-23-11-13/h4-5,8,13,23-24H,6-7,9-11H2,1-3H3,(H2,22,28)/t13-/m0/s1. The van der Waals surface area contributed by atoms with Crippen molar-refractivity contribution in [2.45, 2.75) is 46.1 Å². The number of primary amides is 1. The van der Waals surface area contributed by atoms with Crippen LogP contribution in [-0.2, 0) is 6.42 Å². The van der Waals surface area contributed by atoms with Gasteiger partial charge in [-0.2, -0.15) is 5.10 Å². The van der Waals surface area contributed by atoms with Crippen LogP contribution in [0.5, 0.6) is 0 Å². The zero-order valence-electron chi connectivity index (χ0n) is 16.6. The molecule has 148 valence electrons. The van der Waals surface area contributed by atoms with Crippen molar-refractivity contribution in [1.82, 2.24) is 15.1 Å². The predicted molar refractivity (Wildman–Crippen MR) is 108 cm³/mol. The monoisotopic (exact) mass is 381 g/mol. The molecule has 1 aliphatic heterocycles. The number of aryl methyl sites for hydroxylation is 1. The highest BCUT2D eigenvalue weighted by Gasteiger charge is 2.35. The van der Waals surface area contributed by atoms with Gasteiger partial charge in [-0.15, -0.1) is 0 Å². The van der Waals surface area contributed by atoms with E-state index < -0.39 is 5.91 Å². The Morgan fingerprint density at radius 1 is 1.36 bits per heavy atom. The average molecular weight is 381 g/mol. The van der Waals surface area contributed by atoms with Gasteiger partial charge >= 0.3 is 0 Å². The van der Waals surface area contributed by atoms with Gasteiger partial charge in [0.1, 0.15) is 0 Å². The van der Waals surface area contributed by atoms with Crippen molar-refractivity contribution in [1.29, 1.82) is 0 Å². The number of carbonyl (C=O) groups excluding carboxylic acids is 2. The maximum absolute atomic E-state index is 12.7. The number of amides is 1. The Kier molecular flexibility index (Phi) is 4.50. The van der Waals surface area contributed by atoms with Crippen molar-refractivity contribution < 1.29 is 9.59 Å². The van der Waals surface area contributed by atoms with Gasteiger partial charge in [-0.3, -0.25) is 9.59 Å². The van der Waals surface area contributed by atoms with Crippen LogP contribution in [0.2, 0.25) is 0 Å². The molecule has 1 aromatic carbocycles. The lowest BCUT2D eigenvalue weighted by Crippen LogP contribution is -2.28. The number of nitrogens with one attached hydrogen (secondary N) is 2. The number of rotatable bonds is 4. The molecule has 1 aromatic heterocycles. The summed E-state index contributed by atoms with van der Waals surface area (Å²) in [5.41, 5.74) is 9.93. The SMILES string of the molecule is Cc1nn(-c2ccc(C(N)=O)c(N[C@H]3CCNC3)c2)c2c1C(=O)CC(C)(C)C2. The van der Waals surface area contributed by atoms with Crippen LogP contribution in [0.3, 0.4) is 0 Å². The molecule has 0 spiro atoms. The topological polar surface area (TPSA) is 102 Å². The number of benzene rings is 1. The molecule has 28 heavy (non-hydrogen) atoms. The zero-order valence-corrected chi connectivity index (χ0v) is 16.6. The number of hydrogen-bond acceptors (Lipinski definition) is 5. The van der Waals surface area contributed by atoms with Gasteiger partial charge < -0.3 is 16.4 Å². The molecule has 4 N–H and O–H groups in total. The van der Waals surface area contributed by atoms with Crippen LogP contribution in [0, 0.1) is 12.3 Å². The van der Waals surface area contributed by atoms with Gasteiger partial charge in [0.25, 0.3) is 5.91 Å². The van der Waals surface area contributed by atoms with Crippen molar-refractivity contribution >= 4 is 17.4 Å². The molecule has 0 unspecified atom stereocenters. The largest absolute Gasteiger partial charge is 0.380 e. The molecule has 7 heteroatoms. The fourth-order valence-electron chi connectivity index (χ4n) is 4.35. The van der Waals surface area contributed by atoms with E-state index in [9.17, 15) is 9.59 Å². The summed E-state index contributed by atoms with van der Waals surface area (Å²) in [6, 6.07) is 5.75. The van der Waals surface area contributed by atoms with Gasteiger partial charge in [0.15, 0.2) is 5.78 Å². The van der Waals surface area contributed by atoms with Crippen LogP contribution in [0.4, 0.5) is 5.69 Å². The third-order valence-corrected chi connectivity index (χ3v) is 5.65. The Bertz CT molecular complexity index is 954. The molecule has 7 nitrogen and oxygen atoms in total. The Morgan fingerprint density at radius 2 is 2.14 bits per heavy atom. The van der Waals surface area contributed by atoms with Crippen molar-refractivity contribution in [3.63, 3.8) is 0 Å². The summed E-state index contributed by atoms with van der Waals surface area (Å²) in [7, 11) is 0. The first-order chi connectivity index (χ1) is 13.2. The van der Waals surface area contributed by atoms with Gasteiger partial charge in [-0.25, -0.2) is 4.68 Å². The van der Waals surface area contributed by atoms with E-state index >= 15 is 0 Å². The Balaban J connectivity index is 1.79. The molecule has 2 heterocycles. The average Bonchev–Trinajstić information content (AvgIpc) is 3.21. The molecule has 1 saturated heterocycles. The van der Waals surface area contributed by atoms with Crippen LogP contribution in [0.15, 0.2) is 18.2 Å². The summed E-state index contributed by atoms with van der Waals surface area (Å²) in [4.78, 5) is 24.6. The van der Waals surface area contributed by atoms with Gasteiger partial charge in [0.2, 0.25) is 0 Å². The molecule has 1 atom stereocenters. The van der Waals surface area contributed by atoms with Gasteiger partial charge in [-0.1, -0.05) is 13.8 Å². The lowest BCUT2D eigenvalue weighted by molar-refractivity contribution is 0.0909. The Hall–Kier alpha value is -2.67. The normalized spacial score (nSPS) is 20.8. The number of anilines is 1. The van der Waals surface area contributed by atoms with Gasteiger partial charge in [0.05, 0.1) is 28.2 Å². The Morgan fingerprint density at radius 3 is 2.82 bits per heavy atom. The van der Waals surface area contributed by atoms with Crippen molar-refractivity contribution in [3.8, 4) is 5.69 Å². The number of nitrogens with two attached hydrogens (primary N) is 1. The van der Waals surface area contributed by atoms with Crippen molar-refractivity contribution in [3.05, 3.63) is 40.7 Å². The summed E-state index contributed by atoms with van der Waals surface area (Å²) in [6.45, 7) is 7.90. The molecule has 2 aliphatic rings. The second kappa shape index (κ2) is 6.74. The minimum absolute atomic E-state index is 0.0991. The highest BCUT2D eigenvalue weighted by Crippen LogP contribution is 2.37. The van der Waals surface area contributed by atoms with Gasteiger partial charge in [-0.05, 0) is 49.9 Å². The first kappa shape index (κ1) is 18.7. The fourth-order valence-corrected chi connectivity index (χ4v) is 4.35. The van der Waals surface area contributed by atoms with Crippen molar-refractivity contribution in [2.75, 3.05) is 18.4 Å². The second-order valence-corrected chi connectivity index (χ2v) is 8.69. The summed E-state index contributed by atoms with van der Waals surface area (Å²) in [5, 5.41) is 11.4. The lowest BCUT2D eigenvalue weighted by atomic mass is 9.75. The molecular weight excluding hydrogens is 354 g/mol. The number of nitrogens with zero attached hydrogens (tertiary/aromatic N) is 2. The quantitative estimate of drug-likeness (QED) is 0.754. The highest BCUT2D eigenvalue weighted by molar-refractivity contribution is 6.00. The molecule has 2 aromatic rings. The third kappa shape index (κ3) is 3.30. The van der Waals surface area contributed by atoms with Crippen LogP contribution < -0.4 is 16.4 Å². The van der Waals surface area contributed by atoms with Crippen molar-refractivity contribution in [2.24, 2.45) is 11.1 Å². The number of hydrogen-bond donors (Lipinski definition) is 3. The molecule has 1 fully saturated rings. The third-order valence-electron chi connectivity index (χ3n) is 5.65. The van der Waals surface area contributed by atoms with E-state index in [-0.39, 0.29) is 17.2 Å². The first-order valence-corrected chi connectivity index (χ1v) is 9.78. The van der Waals surface area contributed by atoms with Crippen LogP contribution in [0.25, 0.3) is 5.69 Å². The van der Waals surface area contributed by atoms with Crippen LogP contribution in [-0.4, -0.2) is 40.6 Å². The molecule has 0 bridgehead atoms. The summed E-state index contributed by atoms with van der Waals surface area (Å²) < 4.78 is 1.85. The molecule has 4 rings (SSSR count). The van der Waals surface area contributed by atoms with E-state index in [1.807, 2.05) is 23.7 Å². The van der Waals surface area contributed by atoms with E-state index in [1.54, 1.807) is 6.07 Å². The van der Waals surface area contributed by atoms with E-state index in [0.29, 0.717) is 17.7 Å². The minimum Gasteiger partial charge on any atom is -0.380 e.